The average molecular weight is 250 g/mol. The molecule has 2 heterocycles. The highest BCUT2D eigenvalue weighted by Gasteiger charge is 2.18. The second kappa shape index (κ2) is 5.10. The Labute approximate surface area is 108 Å². The first kappa shape index (κ1) is 13.1. The second-order valence-electron chi connectivity index (χ2n) is 5.85. The lowest BCUT2D eigenvalue weighted by Crippen LogP contribution is -2.37. The number of amides is 1. The van der Waals surface area contributed by atoms with Gasteiger partial charge in [-0.05, 0) is 40.2 Å². The molecule has 1 saturated heterocycles. The average Bonchev–Trinajstić information content (AvgIpc) is 2.96. The Balaban J connectivity index is 1.90. The molecular weight excluding hydrogens is 228 g/mol. The summed E-state index contributed by atoms with van der Waals surface area (Å²) in [6.45, 7) is 7.93. The molecular formula is C13H22N4O. The largest absolute Gasteiger partial charge is 0.350 e. The van der Waals surface area contributed by atoms with Gasteiger partial charge in [-0.3, -0.25) is 9.48 Å². The Morgan fingerprint density at radius 2 is 2.39 bits per heavy atom. The molecule has 1 aliphatic heterocycles. The third kappa shape index (κ3) is 3.10. The van der Waals surface area contributed by atoms with Gasteiger partial charge in [-0.1, -0.05) is 0 Å². The molecule has 100 valence electrons. The zero-order valence-electron chi connectivity index (χ0n) is 11.4. The van der Waals surface area contributed by atoms with Gasteiger partial charge in [-0.15, -0.1) is 0 Å². The lowest BCUT2D eigenvalue weighted by Gasteiger charge is -2.18. The first-order chi connectivity index (χ1) is 8.47. The van der Waals surface area contributed by atoms with Crippen molar-refractivity contribution < 1.29 is 4.79 Å². The van der Waals surface area contributed by atoms with Crippen molar-refractivity contribution in [3.63, 3.8) is 0 Å². The summed E-state index contributed by atoms with van der Waals surface area (Å²) in [6, 6.07) is 0.423. The molecule has 1 fully saturated rings. The van der Waals surface area contributed by atoms with E-state index < -0.39 is 0 Å². The first-order valence-electron chi connectivity index (χ1n) is 6.53. The molecule has 18 heavy (non-hydrogen) atoms. The highest BCUT2D eigenvalue weighted by Crippen LogP contribution is 2.13. The van der Waals surface area contributed by atoms with Crippen molar-refractivity contribution in [3.05, 3.63) is 18.0 Å². The fourth-order valence-electron chi connectivity index (χ4n) is 2.06. The van der Waals surface area contributed by atoms with Crippen molar-refractivity contribution in [1.82, 2.24) is 20.4 Å². The van der Waals surface area contributed by atoms with Crippen LogP contribution in [0.3, 0.4) is 0 Å². The SMILES string of the molecule is CC(C)(C)n1cc(C(=O)NCC2CCCN2)cn1. The van der Waals surface area contributed by atoms with E-state index in [1.54, 1.807) is 12.4 Å². The van der Waals surface area contributed by atoms with Crippen LogP contribution in [0.1, 0.15) is 44.0 Å². The van der Waals surface area contributed by atoms with Gasteiger partial charge < -0.3 is 10.6 Å². The van der Waals surface area contributed by atoms with Gasteiger partial charge in [0.25, 0.3) is 5.91 Å². The van der Waals surface area contributed by atoms with Gasteiger partial charge in [0.05, 0.1) is 17.3 Å². The van der Waals surface area contributed by atoms with Gasteiger partial charge in [0, 0.05) is 18.8 Å². The van der Waals surface area contributed by atoms with Crippen LogP contribution >= 0.6 is 0 Å². The molecule has 0 bridgehead atoms. The van der Waals surface area contributed by atoms with Crippen LogP contribution in [0, 0.1) is 0 Å². The quantitative estimate of drug-likeness (QED) is 0.845. The Morgan fingerprint density at radius 1 is 1.61 bits per heavy atom. The van der Waals surface area contributed by atoms with E-state index in [2.05, 4.69) is 36.5 Å². The maximum atomic E-state index is 11.9. The Hall–Kier alpha value is -1.36. The minimum Gasteiger partial charge on any atom is -0.350 e. The number of aromatic nitrogens is 2. The number of hydrogen-bond donors (Lipinski definition) is 2. The van der Waals surface area contributed by atoms with E-state index in [0.29, 0.717) is 18.2 Å². The van der Waals surface area contributed by atoms with Crippen molar-refractivity contribution in [2.24, 2.45) is 0 Å². The summed E-state index contributed by atoms with van der Waals surface area (Å²) in [5.74, 6) is -0.0424. The topological polar surface area (TPSA) is 59.0 Å². The monoisotopic (exact) mass is 250 g/mol. The predicted molar refractivity (Wildman–Crippen MR) is 70.6 cm³/mol. The molecule has 1 unspecified atom stereocenters. The molecule has 2 rings (SSSR count). The molecule has 5 nitrogen and oxygen atoms in total. The number of nitrogens with one attached hydrogen (secondary N) is 2. The lowest BCUT2D eigenvalue weighted by molar-refractivity contribution is 0.0950. The summed E-state index contributed by atoms with van der Waals surface area (Å²) >= 11 is 0. The van der Waals surface area contributed by atoms with E-state index >= 15 is 0 Å². The highest BCUT2D eigenvalue weighted by atomic mass is 16.1. The highest BCUT2D eigenvalue weighted by molar-refractivity contribution is 5.93. The van der Waals surface area contributed by atoms with E-state index in [9.17, 15) is 4.79 Å². The summed E-state index contributed by atoms with van der Waals surface area (Å²) in [5.41, 5.74) is 0.536. The van der Waals surface area contributed by atoms with Gasteiger partial charge in [0.1, 0.15) is 0 Å². The van der Waals surface area contributed by atoms with Crippen molar-refractivity contribution in [2.45, 2.75) is 45.2 Å². The normalized spacial score (nSPS) is 20.1. The fraction of sp³-hybridized carbons (Fsp3) is 0.692. The van der Waals surface area contributed by atoms with E-state index in [1.807, 2.05) is 4.68 Å². The zero-order valence-corrected chi connectivity index (χ0v) is 11.4. The van der Waals surface area contributed by atoms with Gasteiger partial charge in [-0.25, -0.2) is 0 Å². The van der Waals surface area contributed by atoms with Gasteiger partial charge in [0.15, 0.2) is 0 Å². The van der Waals surface area contributed by atoms with Crippen molar-refractivity contribution >= 4 is 5.91 Å². The van der Waals surface area contributed by atoms with Crippen LogP contribution in [0.5, 0.6) is 0 Å². The third-order valence-electron chi connectivity index (χ3n) is 3.20. The number of nitrogens with zero attached hydrogens (tertiary/aromatic N) is 2. The van der Waals surface area contributed by atoms with Crippen LogP contribution < -0.4 is 10.6 Å². The minimum atomic E-state index is -0.0917. The van der Waals surface area contributed by atoms with Crippen molar-refractivity contribution in [1.29, 1.82) is 0 Å². The molecule has 0 saturated carbocycles. The number of rotatable bonds is 3. The Bertz CT molecular complexity index is 413. The smallest absolute Gasteiger partial charge is 0.254 e. The molecule has 0 radical (unpaired) electrons. The zero-order chi connectivity index (χ0) is 13.2. The summed E-state index contributed by atoms with van der Waals surface area (Å²) in [6.07, 6.45) is 5.77. The molecule has 1 aliphatic rings. The molecule has 1 aromatic rings. The maximum absolute atomic E-state index is 11.9. The van der Waals surface area contributed by atoms with Crippen molar-refractivity contribution in [2.75, 3.05) is 13.1 Å². The van der Waals surface area contributed by atoms with E-state index in [1.165, 1.54) is 6.42 Å². The summed E-state index contributed by atoms with van der Waals surface area (Å²) in [4.78, 5) is 11.9. The standard InChI is InChI=1S/C13H22N4O/c1-13(2,3)17-9-10(7-16-17)12(18)15-8-11-5-4-6-14-11/h7,9,11,14H,4-6,8H2,1-3H3,(H,15,18). The summed E-state index contributed by atoms with van der Waals surface area (Å²) in [5, 5.41) is 10.5. The molecule has 2 N–H and O–H groups in total. The van der Waals surface area contributed by atoms with Crippen LogP contribution in [0.4, 0.5) is 0 Å². The molecule has 1 aromatic heterocycles. The van der Waals surface area contributed by atoms with Crippen LogP contribution in [-0.4, -0.2) is 34.8 Å². The van der Waals surface area contributed by atoms with Gasteiger partial charge >= 0.3 is 0 Å². The van der Waals surface area contributed by atoms with Crippen LogP contribution in [0.15, 0.2) is 12.4 Å². The number of carbonyl (C=O) groups is 1. The third-order valence-corrected chi connectivity index (χ3v) is 3.20. The molecule has 0 aliphatic carbocycles. The molecule has 0 spiro atoms. The van der Waals surface area contributed by atoms with E-state index in [4.69, 9.17) is 0 Å². The summed E-state index contributed by atoms with van der Waals surface area (Å²) in [7, 11) is 0. The van der Waals surface area contributed by atoms with Gasteiger partial charge in [-0.2, -0.15) is 5.10 Å². The molecule has 5 heteroatoms. The van der Waals surface area contributed by atoms with Crippen LogP contribution in [-0.2, 0) is 5.54 Å². The Morgan fingerprint density at radius 3 is 2.94 bits per heavy atom. The molecule has 1 atom stereocenters. The van der Waals surface area contributed by atoms with E-state index in [0.717, 1.165) is 13.0 Å². The summed E-state index contributed by atoms with van der Waals surface area (Å²) < 4.78 is 1.82. The number of hydrogen-bond acceptors (Lipinski definition) is 3. The minimum absolute atomic E-state index is 0.0424. The Kier molecular flexibility index (Phi) is 3.71. The van der Waals surface area contributed by atoms with Crippen LogP contribution in [0.2, 0.25) is 0 Å². The predicted octanol–water partition coefficient (Wildman–Crippen LogP) is 1.12. The van der Waals surface area contributed by atoms with E-state index in [-0.39, 0.29) is 11.4 Å². The number of carbonyl (C=O) groups excluding carboxylic acids is 1. The van der Waals surface area contributed by atoms with Crippen molar-refractivity contribution in [3.8, 4) is 0 Å². The molecule has 0 aromatic carbocycles. The first-order valence-corrected chi connectivity index (χ1v) is 6.53. The fourth-order valence-corrected chi connectivity index (χ4v) is 2.06. The van der Waals surface area contributed by atoms with Gasteiger partial charge in [0.2, 0.25) is 0 Å². The van der Waals surface area contributed by atoms with Crippen LogP contribution in [0.25, 0.3) is 0 Å². The lowest BCUT2D eigenvalue weighted by atomic mass is 10.1. The molecule has 1 amide bonds. The second-order valence-corrected chi connectivity index (χ2v) is 5.85. The maximum Gasteiger partial charge on any atom is 0.254 e.